The zero-order chi connectivity index (χ0) is 21.5. The molecule has 0 bridgehead atoms. The number of anilines is 2. The Bertz CT molecular complexity index is 894. The van der Waals surface area contributed by atoms with E-state index in [2.05, 4.69) is 10.2 Å². The second kappa shape index (κ2) is 10.4. The van der Waals surface area contributed by atoms with E-state index in [1.807, 2.05) is 48.5 Å². The van der Waals surface area contributed by atoms with Gasteiger partial charge in [-0.15, -0.1) is 0 Å². The molecule has 1 fully saturated rings. The first-order chi connectivity index (χ1) is 15.2. The van der Waals surface area contributed by atoms with Crippen LogP contribution in [0.5, 0.6) is 5.75 Å². The Hall–Kier alpha value is -2.90. The van der Waals surface area contributed by atoms with Crippen molar-refractivity contribution < 1.29 is 19.1 Å². The number of amides is 2. The largest absolute Gasteiger partial charge is 0.490 e. The minimum absolute atomic E-state index is 0.0654. The average molecular weight is 424 g/mol. The first-order valence-electron chi connectivity index (χ1n) is 10.9. The zero-order valence-corrected chi connectivity index (χ0v) is 17.7. The van der Waals surface area contributed by atoms with Crippen molar-refractivity contribution in [3.63, 3.8) is 0 Å². The number of hydrogen-bond acceptors (Lipinski definition) is 5. The summed E-state index contributed by atoms with van der Waals surface area (Å²) < 4.78 is 11.0. The molecule has 0 aromatic heterocycles. The predicted octanol–water partition coefficient (Wildman–Crippen LogP) is 2.71. The van der Waals surface area contributed by atoms with Crippen molar-refractivity contribution in [2.75, 3.05) is 56.2 Å². The van der Waals surface area contributed by atoms with E-state index in [1.54, 1.807) is 4.90 Å². The molecule has 1 saturated heterocycles. The molecule has 7 nitrogen and oxygen atoms in total. The summed E-state index contributed by atoms with van der Waals surface area (Å²) in [6.45, 7) is 5.58. The summed E-state index contributed by atoms with van der Waals surface area (Å²) in [7, 11) is 0. The lowest BCUT2D eigenvalue weighted by Gasteiger charge is -2.29. The van der Waals surface area contributed by atoms with Gasteiger partial charge in [-0.05, 0) is 36.2 Å². The highest BCUT2D eigenvalue weighted by Crippen LogP contribution is 2.31. The van der Waals surface area contributed by atoms with Crippen LogP contribution in [0.1, 0.15) is 18.4 Å². The number of hydrogen-bond donors (Lipinski definition) is 1. The van der Waals surface area contributed by atoms with Crippen LogP contribution in [0.3, 0.4) is 0 Å². The maximum absolute atomic E-state index is 12.6. The molecule has 2 aromatic rings. The number of carbonyl (C=O) groups excluding carboxylic acids is 2. The maximum atomic E-state index is 12.6. The Morgan fingerprint density at radius 1 is 0.903 bits per heavy atom. The van der Waals surface area contributed by atoms with Gasteiger partial charge >= 0.3 is 0 Å². The maximum Gasteiger partial charge on any atom is 0.227 e. The van der Waals surface area contributed by atoms with E-state index in [1.165, 1.54) is 5.56 Å². The lowest BCUT2D eigenvalue weighted by Crippen LogP contribution is -2.38. The standard InChI is InChI=1S/C24H29N3O4/c28-23(9-10-24(29)27-15-18-31-22-4-2-1-3-21(22)27)25-20-7-5-19(6-8-20)11-12-26-13-16-30-17-14-26/h1-8H,9-18H2,(H,25,28). The third-order valence-electron chi connectivity index (χ3n) is 5.65. The number of nitrogens with one attached hydrogen (secondary N) is 1. The van der Waals surface area contributed by atoms with Crippen LogP contribution in [0.15, 0.2) is 48.5 Å². The van der Waals surface area contributed by atoms with E-state index in [4.69, 9.17) is 9.47 Å². The highest BCUT2D eigenvalue weighted by Gasteiger charge is 2.23. The van der Waals surface area contributed by atoms with E-state index >= 15 is 0 Å². The van der Waals surface area contributed by atoms with Crippen molar-refractivity contribution in [1.29, 1.82) is 0 Å². The lowest BCUT2D eigenvalue weighted by atomic mass is 10.1. The molecule has 0 unspecified atom stereocenters. The molecule has 0 radical (unpaired) electrons. The van der Waals surface area contributed by atoms with E-state index < -0.39 is 0 Å². The molecule has 0 aliphatic carbocycles. The first kappa shape index (κ1) is 21.3. The van der Waals surface area contributed by atoms with Crippen LogP contribution in [-0.2, 0) is 20.7 Å². The number of rotatable bonds is 7. The minimum Gasteiger partial charge on any atom is -0.490 e. The van der Waals surface area contributed by atoms with E-state index in [-0.39, 0.29) is 24.7 Å². The molecular weight excluding hydrogens is 394 g/mol. The van der Waals surface area contributed by atoms with E-state index in [9.17, 15) is 9.59 Å². The molecule has 31 heavy (non-hydrogen) atoms. The van der Waals surface area contributed by atoms with Crippen LogP contribution >= 0.6 is 0 Å². The van der Waals surface area contributed by atoms with Crippen LogP contribution < -0.4 is 15.0 Å². The SMILES string of the molecule is O=C(CCC(=O)N1CCOc2ccccc21)Nc1ccc(CCN2CCOCC2)cc1. The monoisotopic (exact) mass is 423 g/mol. The summed E-state index contributed by atoms with van der Waals surface area (Å²) in [6, 6.07) is 15.4. The van der Waals surface area contributed by atoms with E-state index in [0.717, 1.165) is 50.6 Å². The number of benzene rings is 2. The Labute approximate surface area is 182 Å². The summed E-state index contributed by atoms with van der Waals surface area (Å²) >= 11 is 0. The molecule has 164 valence electrons. The van der Waals surface area contributed by atoms with Crippen molar-refractivity contribution in [2.45, 2.75) is 19.3 Å². The van der Waals surface area contributed by atoms with Crippen LogP contribution in [0, 0.1) is 0 Å². The Balaban J connectivity index is 1.22. The van der Waals surface area contributed by atoms with Crippen molar-refractivity contribution in [2.24, 2.45) is 0 Å². The molecule has 2 aromatic carbocycles. The molecule has 2 heterocycles. The first-order valence-corrected chi connectivity index (χ1v) is 10.9. The van der Waals surface area contributed by atoms with Gasteiger partial charge in [0.1, 0.15) is 12.4 Å². The average Bonchev–Trinajstić information content (AvgIpc) is 2.82. The fourth-order valence-corrected chi connectivity index (χ4v) is 3.87. The second-order valence-electron chi connectivity index (χ2n) is 7.81. The van der Waals surface area contributed by atoms with Crippen LogP contribution in [0.2, 0.25) is 0 Å². The van der Waals surface area contributed by atoms with Gasteiger partial charge in [-0.2, -0.15) is 0 Å². The normalized spacial score (nSPS) is 16.3. The third kappa shape index (κ3) is 5.83. The quantitative estimate of drug-likeness (QED) is 0.742. The summed E-state index contributed by atoms with van der Waals surface area (Å²) in [5.74, 6) is 0.487. The summed E-state index contributed by atoms with van der Waals surface area (Å²) in [6.07, 6.45) is 1.29. The molecule has 0 atom stereocenters. The van der Waals surface area contributed by atoms with Gasteiger partial charge in [-0.3, -0.25) is 14.5 Å². The number of ether oxygens (including phenoxy) is 2. The number of nitrogens with zero attached hydrogens (tertiary/aromatic N) is 2. The topological polar surface area (TPSA) is 71.1 Å². The van der Waals surface area contributed by atoms with Crippen molar-refractivity contribution in [3.8, 4) is 5.75 Å². The molecule has 7 heteroatoms. The zero-order valence-electron chi connectivity index (χ0n) is 17.7. The Morgan fingerprint density at radius 3 is 2.48 bits per heavy atom. The summed E-state index contributed by atoms with van der Waals surface area (Å²) in [5, 5.41) is 2.89. The fraction of sp³-hybridized carbons (Fsp3) is 0.417. The van der Waals surface area contributed by atoms with Gasteiger partial charge in [0.15, 0.2) is 0 Å². The van der Waals surface area contributed by atoms with Gasteiger partial charge in [0.25, 0.3) is 0 Å². The van der Waals surface area contributed by atoms with Gasteiger partial charge in [0, 0.05) is 38.2 Å². The van der Waals surface area contributed by atoms with Crippen molar-refractivity contribution >= 4 is 23.2 Å². The van der Waals surface area contributed by atoms with Crippen LogP contribution in [0.25, 0.3) is 0 Å². The Kier molecular flexibility index (Phi) is 7.17. The van der Waals surface area contributed by atoms with Crippen molar-refractivity contribution in [3.05, 3.63) is 54.1 Å². The smallest absolute Gasteiger partial charge is 0.227 e. The number of fused-ring (bicyclic) bond motifs is 1. The van der Waals surface area contributed by atoms with Crippen LogP contribution in [0.4, 0.5) is 11.4 Å². The highest BCUT2D eigenvalue weighted by molar-refractivity contribution is 5.99. The molecule has 0 spiro atoms. The second-order valence-corrected chi connectivity index (χ2v) is 7.81. The Morgan fingerprint density at radius 2 is 1.68 bits per heavy atom. The highest BCUT2D eigenvalue weighted by atomic mass is 16.5. The molecule has 2 amide bonds. The molecule has 2 aliphatic heterocycles. The number of para-hydroxylation sites is 2. The molecule has 0 saturated carbocycles. The van der Waals surface area contributed by atoms with Crippen molar-refractivity contribution in [1.82, 2.24) is 4.90 Å². The lowest BCUT2D eigenvalue weighted by molar-refractivity contribution is -0.122. The molecule has 1 N–H and O–H groups in total. The van der Waals surface area contributed by atoms with E-state index in [0.29, 0.717) is 18.9 Å². The van der Waals surface area contributed by atoms with Gasteiger partial charge < -0.3 is 19.7 Å². The molecule has 2 aliphatic rings. The summed E-state index contributed by atoms with van der Waals surface area (Å²) in [5.41, 5.74) is 2.77. The number of morpholine rings is 1. The molecular formula is C24H29N3O4. The minimum atomic E-state index is -0.157. The fourth-order valence-electron chi connectivity index (χ4n) is 3.87. The van der Waals surface area contributed by atoms with Gasteiger partial charge in [0.05, 0.1) is 25.4 Å². The van der Waals surface area contributed by atoms with Gasteiger partial charge in [-0.25, -0.2) is 0 Å². The number of carbonyl (C=O) groups is 2. The summed E-state index contributed by atoms with van der Waals surface area (Å²) in [4.78, 5) is 29.1. The van der Waals surface area contributed by atoms with Gasteiger partial charge in [0.2, 0.25) is 11.8 Å². The van der Waals surface area contributed by atoms with Gasteiger partial charge in [-0.1, -0.05) is 24.3 Å². The predicted molar refractivity (Wildman–Crippen MR) is 120 cm³/mol. The third-order valence-corrected chi connectivity index (χ3v) is 5.65. The molecule has 4 rings (SSSR count). The van der Waals surface area contributed by atoms with Crippen LogP contribution in [-0.4, -0.2) is 62.7 Å².